The van der Waals surface area contributed by atoms with Gasteiger partial charge < -0.3 is 15.4 Å². The van der Waals surface area contributed by atoms with Gasteiger partial charge in [-0.2, -0.15) is 0 Å². The molecule has 3 aromatic carbocycles. The number of anilines is 2. The molecule has 0 aliphatic heterocycles. The molecule has 0 saturated carbocycles. The first-order valence-electron chi connectivity index (χ1n) is 9.99. The van der Waals surface area contributed by atoms with Gasteiger partial charge in [-0.15, -0.1) is 0 Å². The molecule has 0 aliphatic rings. The molecule has 0 radical (unpaired) electrons. The molecule has 8 nitrogen and oxygen atoms in total. The first-order chi connectivity index (χ1) is 16.4. The van der Waals surface area contributed by atoms with Crippen molar-refractivity contribution in [2.24, 2.45) is 0 Å². The van der Waals surface area contributed by atoms with E-state index in [1.807, 2.05) is 0 Å². The van der Waals surface area contributed by atoms with Crippen molar-refractivity contribution in [3.05, 3.63) is 88.5 Å². The Balaban J connectivity index is 1.67. The molecule has 4 aromatic rings. The molecule has 1 aromatic heterocycles. The van der Waals surface area contributed by atoms with E-state index in [9.17, 15) is 14.4 Å². The predicted octanol–water partition coefficient (Wildman–Crippen LogP) is 4.92. The predicted molar refractivity (Wildman–Crippen MR) is 132 cm³/mol. The second-order valence-electron chi connectivity index (χ2n) is 7.10. The standard InChI is InChI=1S/C24H18Cl2N4O4/c1-34-20-8-4-5-14-13-19(22(31)28-18-7-3-2-6-17(18)26)30(21(14)20)29-24(33)23(32)27-16-11-9-15(25)10-12-16/h2-13H,1H3,(H,27,32)(H,28,31)(H,29,33). The Kier molecular flexibility index (Phi) is 6.72. The van der Waals surface area contributed by atoms with Gasteiger partial charge in [-0.25, -0.2) is 4.68 Å². The average Bonchev–Trinajstić information content (AvgIpc) is 3.20. The number of hydrogen-bond donors (Lipinski definition) is 3. The molecule has 4 rings (SSSR count). The van der Waals surface area contributed by atoms with Gasteiger partial charge in [-0.1, -0.05) is 47.5 Å². The number of halogens is 2. The van der Waals surface area contributed by atoms with Crippen LogP contribution in [0.2, 0.25) is 10.0 Å². The average molecular weight is 497 g/mol. The maximum Gasteiger partial charge on any atom is 0.328 e. The molecule has 0 saturated heterocycles. The van der Waals surface area contributed by atoms with E-state index < -0.39 is 17.7 Å². The second-order valence-corrected chi connectivity index (χ2v) is 7.94. The summed E-state index contributed by atoms with van der Waals surface area (Å²) in [5.41, 5.74) is 3.73. The molecule has 0 atom stereocenters. The minimum Gasteiger partial charge on any atom is -0.494 e. The van der Waals surface area contributed by atoms with Crippen LogP contribution in [-0.4, -0.2) is 29.5 Å². The van der Waals surface area contributed by atoms with Crippen molar-refractivity contribution in [3.63, 3.8) is 0 Å². The fourth-order valence-corrected chi connectivity index (χ4v) is 3.61. The molecule has 0 aliphatic carbocycles. The van der Waals surface area contributed by atoms with E-state index in [2.05, 4.69) is 16.1 Å². The Morgan fingerprint density at radius 3 is 2.29 bits per heavy atom. The van der Waals surface area contributed by atoms with Crippen LogP contribution >= 0.6 is 23.2 Å². The van der Waals surface area contributed by atoms with Crippen LogP contribution in [0.25, 0.3) is 10.9 Å². The van der Waals surface area contributed by atoms with Crippen molar-refractivity contribution in [1.29, 1.82) is 0 Å². The third-order valence-electron chi connectivity index (χ3n) is 4.88. The van der Waals surface area contributed by atoms with E-state index in [1.165, 1.54) is 11.8 Å². The number of aromatic nitrogens is 1. The number of nitrogens with zero attached hydrogens (tertiary/aromatic N) is 1. The summed E-state index contributed by atoms with van der Waals surface area (Å²) in [6.45, 7) is 0. The highest BCUT2D eigenvalue weighted by atomic mass is 35.5. The quantitative estimate of drug-likeness (QED) is 0.341. The van der Waals surface area contributed by atoms with Crippen molar-refractivity contribution in [1.82, 2.24) is 4.68 Å². The number of benzene rings is 3. The number of methoxy groups -OCH3 is 1. The smallest absolute Gasteiger partial charge is 0.328 e. The molecule has 0 spiro atoms. The molecule has 1 heterocycles. The maximum absolute atomic E-state index is 13.1. The zero-order valence-electron chi connectivity index (χ0n) is 17.8. The summed E-state index contributed by atoms with van der Waals surface area (Å²) >= 11 is 12.0. The van der Waals surface area contributed by atoms with Crippen LogP contribution in [0.1, 0.15) is 10.5 Å². The molecule has 0 unspecified atom stereocenters. The molecular weight excluding hydrogens is 479 g/mol. The third-order valence-corrected chi connectivity index (χ3v) is 5.46. The van der Waals surface area contributed by atoms with Crippen LogP contribution in [0.15, 0.2) is 72.8 Å². The van der Waals surface area contributed by atoms with Gasteiger partial charge in [0.05, 0.1) is 17.8 Å². The van der Waals surface area contributed by atoms with Crippen molar-refractivity contribution in [2.45, 2.75) is 0 Å². The van der Waals surface area contributed by atoms with Gasteiger partial charge in [0, 0.05) is 16.1 Å². The minimum atomic E-state index is -0.995. The van der Waals surface area contributed by atoms with Gasteiger partial charge in [0.25, 0.3) is 5.91 Å². The number of rotatable bonds is 5. The molecule has 3 amide bonds. The van der Waals surface area contributed by atoms with Gasteiger partial charge in [0.15, 0.2) is 0 Å². The lowest BCUT2D eigenvalue weighted by Gasteiger charge is -2.14. The van der Waals surface area contributed by atoms with Gasteiger partial charge in [0.2, 0.25) is 0 Å². The number of ether oxygens (including phenoxy) is 1. The largest absolute Gasteiger partial charge is 0.494 e. The van der Waals surface area contributed by atoms with Gasteiger partial charge >= 0.3 is 11.8 Å². The lowest BCUT2D eigenvalue weighted by Crippen LogP contribution is -2.36. The van der Waals surface area contributed by atoms with Crippen molar-refractivity contribution in [2.75, 3.05) is 23.2 Å². The Bertz CT molecular complexity index is 1400. The molecule has 34 heavy (non-hydrogen) atoms. The SMILES string of the molecule is COc1cccc2cc(C(=O)Nc3ccccc3Cl)n(NC(=O)C(=O)Nc3ccc(Cl)cc3)c12. The first-order valence-corrected chi connectivity index (χ1v) is 10.7. The topological polar surface area (TPSA) is 101 Å². The summed E-state index contributed by atoms with van der Waals surface area (Å²) in [4.78, 5) is 38.4. The fourth-order valence-electron chi connectivity index (χ4n) is 3.30. The van der Waals surface area contributed by atoms with E-state index in [0.29, 0.717) is 38.1 Å². The maximum atomic E-state index is 13.1. The van der Waals surface area contributed by atoms with Crippen molar-refractivity contribution >= 4 is 63.2 Å². The zero-order valence-corrected chi connectivity index (χ0v) is 19.3. The zero-order chi connectivity index (χ0) is 24.2. The van der Waals surface area contributed by atoms with Crippen LogP contribution in [-0.2, 0) is 9.59 Å². The Morgan fingerprint density at radius 1 is 0.853 bits per heavy atom. The lowest BCUT2D eigenvalue weighted by atomic mass is 10.2. The summed E-state index contributed by atoms with van der Waals surface area (Å²) in [6, 6.07) is 19.8. The van der Waals surface area contributed by atoms with E-state index >= 15 is 0 Å². The monoisotopic (exact) mass is 496 g/mol. The highest BCUT2D eigenvalue weighted by Crippen LogP contribution is 2.29. The number of carbonyl (C=O) groups excluding carboxylic acids is 3. The van der Waals surface area contributed by atoms with Crippen molar-refractivity contribution in [3.8, 4) is 5.75 Å². The summed E-state index contributed by atoms with van der Waals surface area (Å²) in [6.07, 6.45) is 0. The normalized spacial score (nSPS) is 10.6. The number of para-hydroxylation sites is 2. The second kappa shape index (κ2) is 9.86. The first kappa shape index (κ1) is 23.2. The summed E-state index contributed by atoms with van der Waals surface area (Å²) in [7, 11) is 1.46. The van der Waals surface area contributed by atoms with Crippen LogP contribution in [0.3, 0.4) is 0 Å². The van der Waals surface area contributed by atoms with Crippen LogP contribution in [0.5, 0.6) is 5.75 Å². The lowest BCUT2D eigenvalue weighted by molar-refractivity contribution is -0.133. The van der Waals surface area contributed by atoms with E-state index in [0.717, 1.165) is 0 Å². The molecular formula is C24H18Cl2N4O4. The number of nitrogens with one attached hydrogen (secondary N) is 3. The molecule has 0 bridgehead atoms. The van der Waals surface area contributed by atoms with Crippen LogP contribution in [0, 0.1) is 0 Å². The van der Waals surface area contributed by atoms with Gasteiger partial charge in [-0.05, 0) is 48.5 Å². The number of fused-ring (bicyclic) bond motifs is 1. The highest BCUT2D eigenvalue weighted by Gasteiger charge is 2.23. The summed E-state index contributed by atoms with van der Waals surface area (Å²) in [5.74, 6) is -2.08. The fraction of sp³-hybridized carbons (Fsp3) is 0.0417. The molecule has 10 heteroatoms. The van der Waals surface area contributed by atoms with E-state index in [4.69, 9.17) is 27.9 Å². The molecule has 172 valence electrons. The Labute approximate surface area is 204 Å². The van der Waals surface area contributed by atoms with Gasteiger partial charge in [0.1, 0.15) is 17.0 Å². The number of carbonyl (C=O) groups is 3. The minimum absolute atomic E-state index is 0.0621. The summed E-state index contributed by atoms with van der Waals surface area (Å²) < 4.78 is 6.62. The van der Waals surface area contributed by atoms with Crippen molar-refractivity contribution < 1.29 is 19.1 Å². The number of amides is 3. The van der Waals surface area contributed by atoms with E-state index in [-0.39, 0.29) is 5.69 Å². The van der Waals surface area contributed by atoms with Crippen LogP contribution in [0.4, 0.5) is 11.4 Å². The Hall–Kier alpha value is -4.01. The highest BCUT2D eigenvalue weighted by molar-refractivity contribution is 6.42. The van der Waals surface area contributed by atoms with Crippen LogP contribution < -0.4 is 20.8 Å². The molecule has 0 fully saturated rings. The van der Waals surface area contributed by atoms with Gasteiger partial charge in [-0.3, -0.25) is 19.8 Å². The number of hydrogen-bond acceptors (Lipinski definition) is 4. The van der Waals surface area contributed by atoms with E-state index in [1.54, 1.807) is 72.8 Å². The summed E-state index contributed by atoms with van der Waals surface area (Å²) in [5, 5.41) is 6.65. The third kappa shape index (κ3) is 4.83. The molecule has 3 N–H and O–H groups in total. The Morgan fingerprint density at radius 2 is 1.59 bits per heavy atom.